The normalized spacial score (nSPS) is 24.5. The molecule has 1 aliphatic rings. The fraction of sp³-hybridized carbons (Fsp3) is 0.909. The predicted octanol–water partition coefficient (Wildman–Crippen LogP) is 2.18. The van der Waals surface area contributed by atoms with Crippen molar-refractivity contribution in [1.82, 2.24) is 0 Å². The highest BCUT2D eigenvalue weighted by Gasteiger charge is 2.36. The first kappa shape index (κ1) is 11.5. The Morgan fingerprint density at radius 3 is 2.14 bits per heavy atom. The van der Waals surface area contributed by atoms with Crippen LogP contribution in [0.15, 0.2) is 0 Å². The van der Waals surface area contributed by atoms with Crippen LogP contribution in [0.2, 0.25) is 0 Å². The quantitative estimate of drug-likeness (QED) is 0.734. The van der Waals surface area contributed by atoms with Gasteiger partial charge in [0, 0.05) is 6.42 Å². The third kappa shape index (κ3) is 3.29. The zero-order valence-electron chi connectivity index (χ0n) is 9.05. The average Bonchev–Trinajstić information content (AvgIpc) is 2.08. The summed E-state index contributed by atoms with van der Waals surface area (Å²) in [6.07, 6.45) is 3.95. The molecule has 14 heavy (non-hydrogen) atoms. The number of hydrogen-bond acceptors (Lipinski definition) is 2. The molecule has 0 aliphatic heterocycles. The maximum Gasteiger partial charge on any atom is 0.303 e. The van der Waals surface area contributed by atoms with E-state index >= 15 is 0 Å². The highest BCUT2D eigenvalue weighted by atomic mass is 16.4. The van der Waals surface area contributed by atoms with Crippen LogP contribution >= 0.6 is 0 Å². The van der Waals surface area contributed by atoms with Crippen molar-refractivity contribution in [1.29, 1.82) is 0 Å². The van der Waals surface area contributed by atoms with E-state index in [1.54, 1.807) is 0 Å². The van der Waals surface area contributed by atoms with Gasteiger partial charge >= 0.3 is 5.97 Å². The second-order valence-electron chi connectivity index (χ2n) is 5.28. The first-order valence-electron chi connectivity index (χ1n) is 5.27. The van der Waals surface area contributed by atoms with Crippen molar-refractivity contribution >= 4 is 5.97 Å². The van der Waals surface area contributed by atoms with Gasteiger partial charge in [-0.25, -0.2) is 0 Å². The summed E-state index contributed by atoms with van der Waals surface area (Å²) in [4.78, 5) is 10.4. The summed E-state index contributed by atoms with van der Waals surface area (Å²) in [6.45, 7) is 4.40. The highest BCUT2D eigenvalue weighted by Crippen LogP contribution is 2.41. The van der Waals surface area contributed by atoms with Crippen LogP contribution in [0.1, 0.15) is 52.4 Å². The zero-order chi connectivity index (χ0) is 10.8. The van der Waals surface area contributed by atoms with Gasteiger partial charge in [0.1, 0.15) is 0 Å². The van der Waals surface area contributed by atoms with E-state index in [1.807, 2.05) is 0 Å². The van der Waals surface area contributed by atoms with Crippen LogP contribution in [0.5, 0.6) is 0 Å². The van der Waals surface area contributed by atoms with Gasteiger partial charge in [0.05, 0.1) is 5.60 Å². The molecule has 0 saturated heterocycles. The van der Waals surface area contributed by atoms with Crippen molar-refractivity contribution in [2.24, 2.45) is 5.41 Å². The summed E-state index contributed by atoms with van der Waals surface area (Å²) in [5.41, 5.74) is -0.399. The van der Waals surface area contributed by atoms with E-state index in [4.69, 9.17) is 5.11 Å². The average molecular weight is 200 g/mol. The molecule has 3 nitrogen and oxygen atoms in total. The monoisotopic (exact) mass is 200 g/mol. The Hall–Kier alpha value is -0.570. The minimum absolute atomic E-state index is 0.0803. The molecule has 0 unspecified atom stereocenters. The van der Waals surface area contributed by atoms with E-state index in [0.717, 1.165) is 25.7 Å². The molecule has 1 saturated carbocycles. The molecule has 3 heteroatoms. The summed E-state index contributed by atoms with van der Waals surface area (Å²) in [5.74, 6) is -0.816. The molecule has 1 fully saturated rings. The SMILES string of the molecule is CC1(C)CCC(O)(CCC(=O)O)CC1. The number of carboxylic acid groups (broad SMARTS) is 1. The molecule has 0 atom stereocenters. The molecular weight excluding hydrogens is 180 g/mol. The molecule has 2 N–H and O–H groups in total. The van der Waals surface area contributed by atoms with Crippen LogP contribution in [0.4, 0.5) is 0 Å². The Morgan fingerprint density at radius 1 is 1.21 bits per heavy atom. The number of hydrogen-bond donors (Lipinski definition) is 2. The molecule has 0 radical (unpaired) electrons. The minimum Gasteiger partial charge on any atom is -0.481 e. The standard InChI is InChI=1S/C11H20O3/c1-10(2)5-7-11(14,8-6-10)4-3-9(12)13/h14H,3-8H2,1-2H3,(H,12,13). The molecule has 0 heterocycles. The Morgan fingerprint density at radius 2 is 1.71 bits per heavy atom. The third-order valence-corrected chi connectivity index (χ3v) is 3.34. The Labute approximate surface area is 85.1 Å². The Bertz CT molecular complexity index is 211. The minimum atomic E-state index is -0.816. The van der Waals surface area contributed by atoms with E-state index < -0.39 is 11.6 Å². The molecule has 82 valence electrons. The maximum atomic E-state index is 10.4. The van der Waals surface area contributed by atoms with Crippen LogP contribution in [-0.2, 0) is 4.79 Å². The highest BCUT2D eigenvalue weighted by molar-refractivity contribution is 5.66. The van der Waals surface area contributed by atoms with Crippen LogP contribution in [0.25, 0.3) is 0 Å². The van der Waals surface area contributed by atoms with Gasteiger partial charge in [-0.2, -0.15) is 0 Å². The van der Waals surface area contributed by atoms with E-state index in [0.29, 0.717) is 11.8 Å². The molecule has 0 aromatic rings. The van der Waals surface area contributed by atoms with Gasteiger partial charge in [-0.1, -0.05) is 13.8 Å². The predicted molar refractivity (Wildman–Crippen MR) is 54.1 cm³/mol. The van der Waals surface area contributed by atoms with Crippen molar-refractivity contribution in [2.75, 3.05) is 0 Å². The lowest BCUT2D eigenvalue weighted by Gasteiger charge is -2.40. The number of aliphatic carboxylic acids is 1. The van der Waals surface area contributed by atoms with Crippen molar-refractivity contribution < 1.29 is 15.0 Å². The van der Waals surface area contributed by atoms with Crippen LogP contribution < -0.4 is 0 Å². The first-order valence-corrected chi connectivity index (χ1v) is 5.27. The van der Waals surface area contributed by atoms with Crippen LogP contribution in [0.3, 0.4) is 0 Å². The fourth-order valence-electron chi connectivity index (χ4n) is 1.98. The second-order valence-corrected chi connectivity index (χ2v) is 5.28. The summed E-state index contributed by atoms with van der Waals surface area (Å²) in [6, 6.07) is 0. The van der Waals surface area contributed by atoms with Gasteiger partial charge in [-0.3, -0.25) is 4.79 Å². The number of rotatable bonds is 3. The summed E-state index contributed by atoms with van der Waals surface area (Å²) in [7, 11) is 0. The van der Waals surface area contributed by atoms with E-state index in [2.05, 4.69) is 13.8 Å². The fourth-order valence-corrected chi connectivity index (χ4v) is 1.98. The number of carbonyl (C=O) groups is 1. The van der Waals surface area contributed by atoms with Gasteiger partial charge in [-0.05, 0) is 37.5 Å². The number of carboxylic acids is 1. The summed E-state index contributed by atoms with van der Waals surface area (Å²) in [5, 5.41) is 18.6. The second kappa shape index (κ2) is 3.89. The van der Waals surface area contributed by atoms with E-state index in [1.165, 1.54) is 0 Å². The lowest BCUT2D eigenvalue weighted by molar-refractivity contribution is -0.139. The lowest BCUT2D eigenvalue weighted by atomic mass is 9.70. The summed E-state index contributed by atoms with van der Waals surface area (Å²) < 4.78 is 0. The van der Waals surface area contributed by atoms with Crippen molar-refractivity contribution in [3.05, 3.63) is 0 Å². The van der Waals surface area contributed by atoms with Gasteiger partial charge in [0.25, 0.3) is 0 Å². The van der Waals surface area contributed by atoms with Gasteiger partial charge < -0.3 is 10.2 Å². The molecule has 1 rings (SSSR count). The molecule has 0 aromatic carbocycles. The van der Waals surface area contributed by atoms with Crippen molar-refractivity contribution in [2.45, 2.75) is 58.0 Å². The maximum absolute atomic E-state index is 10.4. The number of aliphatic hydroxyl groups is 1. The largest absolute Gasteiger partial charge is 0.481 e. The topological polar surface area (TPSA) is 57.5 Å². The van der Waals surface area contributed by atoms with Gasteiger partial charge in [-0.15, -0.1) is 0 Å². The molecule has 1 aliphatic carbocycles. The first-order chi connectivity index (χ1) is 6.33. The molecule has 0 amide bonds. The molecule has 0 bridgehead atoms. The van der Waals surface area contributed by atoms with Gasteiger partial charge in [0.15, 0.2) is 0 Å². The van der Waals surface area contributed by atoms with E-state index in [-0.39, 0.29) is 6.42 Å². The van der Waals surface area contributed by atoms with Crippen molar-refractivity contribution in [3.8, 4) is 0 Å². The Kier molecular flexibility index (Phi) is 3.20. The molecule has 0 spiro atoms. The smallest absolute Gasteiger partial charge is 0.303 e. The molecular formula is C11H20O3. The molecule has 0 aromatic heterocycles. The van der Waals surface area contributed by atoms with Crippen LogP contribution in [-0.4, -0.2) is 21.8 Å². The zero-order valence-corrected chi connectivity index (χ0v) is 9.05. The van der Waals surface area contributed by atoms with Crippen LogP contribution in [0, 0.1) is 5.41 Å². The van der Waals surface area contributed by atoms with Crippen molar-refractivity contribution in [3.63, 3.8) is 0 Å². The third-order valence-electron chi connectivity index (χ3n) is 3.34. The lowest BCUT2D eigenvalue weighted by Crippen LogP contribution is -2.37. The summed E-state index contributed by atoms with van der Waals surface area (Å²) >= 11 is 0. The van der Waals surface area contributed by atoms with E-state index in [9.17, 15) is 9.90 Å². The Balaban J connectivity index is 2.41. The van der Waals surface area contributed by atoms with Gasteiger partial charge in [0.2, 0.25) is 0 Å².